The Balaban J connectivity index is 2.09. The first-order valence-electron chi connectivity index (χ1n) is 9.59. The number of rotatable bonds is 4. The minimum absolute atomic E-state index is 0.117. The van der Waals surface area contributed by atoms with E-state index in [-0.39, 0.29) is 13.1 Å². The van der Waals surface area contributed by atoms with Gasteiger partial charge in [-0.15, -0.1) is 0 Å². The van der Waals surface area contributed by atoms with Gasteiger partial charge in [-0.25, -0.2) is 0 Å². The lowest BCUT2D eigenvalue weighted by atomic mass is 10.2. The van der Waals surface area contributed by atoms with Crippen molar-refractivity contribution < 1.29 is 34.0 Å². The number of ether oxygens (including phenoxy) is 3. The molecule has 0 spiro atoms. The van der Waals surface area contributed by atoms with E-state index in [0.717, 1.165) is 11.4 Å². The first-order valence-corrected chi connectivity index (χ1v) is 9.59. The molecule has 2 heterocycles. The van der Waals surface area contributed by atoms with E-state index in [9.17, 15) is 9.59 Å². The molecule has 0 atom stereocenters. The average Bonchev–Trinajstić information content (AvgIpc) is 2.64. The van der Waals surface area contributed by atoms with Crippen LogP contribution in [0.3, 0.4) is 0 Å². The summed E-state index contributed by atoms with van der Waals surface area (Å²) in [7, 11) is 0. The minimum Gasteiger partial charge on any atom is -0.480 e. The molecule has 2 bridgehead atoms. The summed E-state index contributed by atoms with van der Waals surface area (Å²) in [6.45, 7) is 3.86. The summed E-state index contributed by atoms with van der Waals surface area (Å²) >= 11 is 0. The van der Waals surface area contributed by atoms with Crippen LogP contribution in [-0.4, -0.2) is 103 Å². The van der Waals surface area contributed by atoms with E-state index in [2.05, 4.69) is 4.98 Å². The molecule has 0 saturated carbocycles. The van der Waals surface area contributed by atoms with Crippen molar-refractivity contribution in [3.63, 3.8) is 0 Å². The minimum atomic E-state index is -0.917. The first kappa shape index (κ1) is 23.2. The van der Waals surface area contributed by atoms with Crippen LogP contribution in [-0.2, 0) is 36.9 Å². The number of hydrogen-bond donors (Lipinski definition) is 2. The number of carboxylic acids is 2. The van der Waals surface area contributed by atoms with Gasteiger partial charge in [-0.1, -0.05) is 6.07 Å². The second-order valence-electron chi connectivity index (χ2n) is 6.67. The fraction of sp³-hybridized carbons (Fsp3) is 0.632. The maximum atomic E-state index is 11.2. The van der Waals surface area contributed by atoms with Crippen LogP contribution in [0, 0.1) is 0 Å². The zero-order valence-corrected chi connectivity index (χ0v) is 16.5. The van der Waals surface area contributed by atoms with Gasteiger partial charge in [-0.05, 0) is 12.1 Å². The third-order valence-corrected chi connectivity index (χ3v) is 4.20. The van der Waals surface area contributed by atoms with Crippen LogP contribution < -0.4 is 0 Å². The van der Waals surface area contributed by atoms with Gasteiger partial charge in [0.1, 0.15) is 0 Å². The molecule has 2 N–H and O–H groups in total. The zero-order chi connectivity index (χ0) is 20.9. The summed E-state index contributed by atoms with van der Waals surface area (Å²) in [6.07, 6.45) is 0. The third kappa shape index (κ3) is 10.3. The van der Waals surface area contributed by atoms with Crippen molar-refractivity contribution in [2.75, 3.05) is 65.8 Å². The molecule has 0 radical (unpaired) electrons. The van der Waals surface area contributed by atoms with E-state index in [1.165, 1.54) is 0 Å². The predicted molar refractivity (Wildman–Crippen MR) is 103 cm³/mol. The summed E-state index contributed by atoms with van der Waals surface area (Å²) in [5.74, 6) is -1.83. The SMILES string of the molecule is O=C(O)CN1CCOCCOCCOCCN(CC(=O)O)Cc2cccc(n2)C1. The van der Waals surface area contributed by atoms with E-state index in [4.69, 9.17) is 24.4 Å². The van der Waals surface area contributed by atoms with Gasteiger partial charge >= 0.3 is 11.9 Å². The van der Waals surface area contributed by atoms with Crippen LogP contribution in [0.15, 0.2) is 18.2 Å². The Bertz CT molecular complexity index is 595. The second-order valence-corrected chi connectivity index (χ2v) is 6.67. The summed E-state index contributed by atoms with van der Waals surface area (Å²) in [4.78, 5) is 30.4. The van der Waals surface area contributed by atoms with E-state index >= 15 is 0 Å². The fourth-order valence-corrected chi connectivity index (χ4v) is 2.90. The summed E-state index contributed by atoms with van der Waals surface area (Å²) in [6, 6.07) is 5.50. The molecular weight excluding hydrogens is 382 g/mol. The van der Waals surface area contributed by atoms with Crippen LogP contribution in [0.2, 0.25) is 0 Å². The van der Waals surface area contributed by atoms with Crippen molar-refractivity contribution in [3.05, 3.63) is 29.6 Å². The molecular formula is C19H29N3O7. The summed E-state index contributed by atoms with van der Waals surface area (Å²) in [5.41, 5.74) is 1.44. The van der Waals surface area contributed by atoms with Crippen LogP contribution in [0.25, 0.3) is 0 Å². The molecule has 10 nitrogen and oxygen atoms in total. The topological polar surface area (TPSA) is 122 Å². The van der Waals surface area contributed by atoms with Crippen molar-refractivity contribution >= 4 is 11.9 Å². The lowest BCUT2D eigenvalue weighted by Gasteiger charge is -2.22. The van der Waals surface area contributed by atoms with Gasteiger partial charge in [-0.3, -0.25) is 24.4 Å². The molecule has 1 aliphatic rings. The summed E-state index contributed by atoms with van der Waals surface area (Å²) < 4.78 is 16.4. The van der Waals surface area contributed by atoms with Gasteiger partial charge in [0.2, 0.25) is 0 Å². The fourth-order valence-electron chi connectivity index (χ4n) is 2.90. The van der Waals surface area contributed by atoms with Crippen molar-refractivity contribution in [2.24, 2.45) is 0 Å². The van der Waals surface area contributed by atoms with Crippen molar-refractivity contribution in [1.82, 2.24) is 14.8 Å². The van der Waals surface area contributed by atoms with Gasteiger partial charge in [0.15, 0.2) is 0 Å². The van der Waals surface area contributed by atoms with Crippen LogP contribution in [0.1, 0.15) is 11.4 Å². The summed E-state index contributed by atoms with van der Waals surface area (Å²) in [5, 5.41) is 18.3. The van der Waals surface area contributed by atoms with E-state index in [1.54, 1.807) is 9.80 Å². The highest BCUT2D eigenvalue weighted by Crippen LogP contribution is 2.07. The van der Waals surface area contributed by atoms with Crippen molar-refractivity contribution in [1.29, 1.82) is 0 Å². The maximum absolute atomic E-state index is 11.2. The molecule has 2 rings (SSSR count). The van der Waals surface area contributed by atoms with Gasteiger partial charge < -0.3 is 24.4 Å². The third-order valence-electron chi connectivity index (χ3n) is 4.20. The molecule has 0 amide bonds. The number of fused-ring (bicyclic) bond motifs is 2. The molecule has 29 heavy (non-hydrogen) atoms. The Morgan fingerprint density at radius 1 is 0.793 bits per heavy atom. The molecule has 10 heteroatoms. The van der Waals surface area contributed by atoms with Crippen LogP contribution in [0.5, 0.6) is 0 Å². The largest absolute Gasteiger partial charge is 0.480 e. The van der Waals surface area contributed by atoms with E-state index < -0.39 is 11.9 Å². The highest BCUT2D eigenvalue weighted by molar-refractivity contribution is 5.69. The van der Waals surface area contributed by atoms with Crippen molar-refractivity contribution in [3.8, 4) is 0 Å². The number of aliphatic carboxylic acids is 2. The van der Waals surface area contributed by atoms with Crippen LogP contribution >= 0.6 is 0 Å². The Labute approximate surface area is 170 Å². The molecule has 1 aromatic rings. The molecule has 162 valence electrons. The molecule has 0 saturated heterocycles. The highest BCUT2D eigenvalue weighted by Gasteiger charge is 2.14. The quantitative estimate of drug-likeness (QED) is 0.695. The van der Waals surface area contributed by atoms with Gasteiger partial charge in [0.25, 0.3) is 0 Å². The zero-order valence-electron chi connectivity index (χ0n) is 16.5. The Morgan fingerprint density at radius 3 is 1.62 bits per heavy atom. The average molecular weight is 411 g/mol. The van der Waals surface area contributed by atoms with E-state index in [0.29, 0.717) is 65.8 Å². The smallest absolute Gasteiger partial charge is 0.317 e. The molecule has 0 fully saturated rings. The van der Waals surface area contributed by atoms with Crippen molar-refractivity contribution in [2.45, 2.75) is 13.1 Å². The maximum Gasteiger partial charge on any atom is 0.317 e. The second kappa shape index (κ2) is 13.2. The number of hydrogen-bond acceptors (Lipinski definition) is 8. The first-order chi connectivity index (χ1) is 14.0. The number of nitrogens with zero attached hydrogens (tertiary/aromatic N) is 3. The predicted octanol–water partition coefficient (Wildman–Crippen LogP) is -0.0818. The Kier molecular flexibility index (Phi) is 10.5. The number of carboxylic acid groups (broad SMARTS) is 2. The molecule has 1 aliphatic heterocycles. The standard InChI is InChI=1S/C19H29N3O7/c23-18(24)14-21-4-6-27-8-10-29-11-9-28-7-5-22(15-19(25)26)13-17-3-1-2-16(12-21)20-17/h1-3H,4-15H2,(H,23,24)(H,25,26). The highest BCUT2D eigenvalue weighted by atomic mass is 16.5. The number of pyridine rings is 1. The normalized spacial score (nSPS) is 19.2. The van der Waals surface area contributed by atoms with E-state index in [1.807, 2.05) is 18.2 Å². The lowest BCUT2D eigenvalue weighted by Crippen LogP contribution is -2.34. The monoisotopic (exact) mass is 411 g/mol. The Hall–Kier alpha value is -2.11. The molecule has 1 aromatic heterocycles. The van der Waals surface area contributed by atoms with Gasteiger partial charge in [0, 0.05) is 26.2 Å². The molecule has 0 aromatic carbocycles. The molecule has 0 unspecified atom stereocenters. The number of aromatic nitrogens is 1. The number of carbonyl (C=O) groups is 2. The van der Waals surface area contributed by atoms with Crippen LogP contribution in [0.4, 0.5) is 0 Å². The molecule has 0 aliphatic carbocycles. The Morgan fingerprint density at radius 2 is 1.21 bits per heavy atom. The van der Waals surface area contributed by atoms with Gasteiger partial charge in [0.05, 0.1) is 64.1 Å². The van der Waals surface area contributed by atoms with Gasteiger partial charge in [-0.2, -0.15) is 0 Å². The lowest BCUT2D eigenvalue weighted by molar-refractivity contribution is -0.139.